The largest absolute Gasteiger partial charge is 0.456 e. The van der Waals surface area contributed by atoms with Crippen LogP contribution >= 0.6 is 11.3 Å². The summed E-state index contributed by atoms with van der Waals surface area (Å²) in [6, 6.07) is 66.8. The van der Waals surface area contributed by atoms with Crippen LogP contribution in [0.4, 0.5) is 0 Å². The summed E-state index contributed by atoms with van der Waals surface area (Å²) in [5, 5.41) is 15.1. The van der Waals surface area contributed by atoms with Gasteiger partial charge in [0.25, 0.3) is 0 Å². The molecule has 0 N–H and O–H groups in total. The van der Waals surface area contributed by atoms with Gasteiger partial charge in [-0.25, -0.2) is 0 Å². The van der Waals surface area contributed by atoms with Gasteiger partial charge in [-0.05, 0) is 113 Å². The molecule has 1 nitrogen and oxygen atoms in total. The van der Waals surface area contributed by atoms with Crippen LogP contribution in [0.15, 0.2) is 186 Å². The van der Waals surface area contributed by atoms with Crippen LogP contribution in [0.1, 0.15) is 0 Å². The summed E-state index contributed by atoms with van der Waals surface area (Å²) in [7, 11) is 0. The lowest BCUT2D eigenvalue weighted by molar-refractivity contribution is 0.669. The zero-order valence-corrected chi connectivity index (χ0v) is 30.0. The van der Waals surface area contributed by atoms with Crippen LogP contribution < -0.4 is 0 Å². The Morgan fingerprint density at radius 3 is 1.63 bits per heavy atom. The zero-order valence-electron chi connectivity index (χ0n) is 29.1. The van der Waals surface area contributed by atoms with Gasteiger partial charge < -0.3 is 4.42 Å². The molecule has 0 aliphatic carbocycles. The van der Waals surface area contributed by atoms with Crippen molar-refractivity contribution < 1.29 is 4.42 Å². The molecule has 2 heteroatoms. The molecule has 10 aromatic carbocycles. The number of rotatable bonds is 3. The monoisotopic (exact) mass is 702 g/mol. The minimum Gasteiger partial charge on any atom is -0.456 e. The average molecular weight is 703 g/mol. The van der Waals surface area contributed by atoms with Gasteiger partial charge in [0, 0.05) is 30.9 Å². The minimum atomic E-state index is 0.916. The van der Waals surface area contributed by atoms with Crippen molar-refractivity contribution in [1.29, 1.82) is 0 Å². The van der Waals surface area contributed by atoms with E-state index in [2.05, 4.69) is 170 Å². The quantitative estimate of drug-likeness (QED) is 0.167. The number of fused-ring (bicyclic) bond motifs is 11. The molecule has 12 rings (SSSR count). The predicted octanol–water partition coefficient (Wildman–Crippen LogP) is 15.6. The van der Waals surface area contributed by atoms with Crippen molar-refractivity contribution in [2.75, 3.05) is 0 Å². The van der Waals surface area contributed by atoms with Crippen LogP contribution in [0.2, 0.25) is 0 Å². The molecule has 0 atom stereocenters. The molecule has 0 aliphatic rings. The first-order valence-corrected chi connectivity index (χ1v) is 19.3. The minimum absolute atomic E-state index is 0.916. The molecule has 12 aromatic rings. The molecule has 2 heterocycles. The predicted molar refractivity (Wildman–Crippen MR) is 233 cm³/mol. The van der Waals surface area contributed by atoms with E-state index in [1.807, 2.05) is 23.5 Å². The Labute approximate surface area is 314 Å². The normalized spacial score (nSPS) is 12.1. The van der Waals surface area contributed by atoms with Crippen molar-refractivity contribution in [3.05, 3.63) is 182 Å². The second-order valence-electron chi connectivity index (χ2n) is 14.4. The highest BCUT2D eigenvalue weighted by molar-refractivity contribution is 7.26. The third kappa shape index (κ3) is 4.38. The van der Waals surface area contributed by atoms with Crippen LogP contribution in [0, 0.1) is 0 Å². The van der Waals surface area contributed by atoms with Gasteiger partial charge >= 0.3 is 0 Å². The third-order valence-electron chi connectivity index (χ3n) is 11.4. The smallest absolute Gasteiger partial charge is 0.135 e. The fourth-order valence-corrected chi connectivity index (χ4v) is 10.2. The summed E-state index contributed by atoms with van der Waals surface area (Å²) in [4.78, 5) is 0. The van der Waals surface area contributed by atoms with Crippen LogP contribution in [-0.4, -0.2) is 0 Å². The van der Waals surface area contributed by atoms with Gasteiger partial charge in [-0.2, -0.15) is 0 Å². The molecule has 0 saturated heterocycles. The molecule has 0 amide bonds. The molecule has 0 unspecified atom stereocenters. The van der Waals surface area contributed by atoms with Crippen molar-refractivity contribution >= 4 is 96.5 Å². The Balaban J connectivity index is 0.982. The van der Waals surface area contributed by atoms with Crippen LogP contribution in [0.25, 0.3) is 119 Å². The summed E-state index contributed by atoms with van der Waals surface area (Å²) in [5.41, 5.74) is 9.22. The van der Waals surface area contributed by atoms with Gasteiger partial charge in [-0.15, -0.1) is 11.3 Å². The molecule has 250 valence electrons. The fourth-order valence-electron chi connectivity index (χ4n) is 8.89. The molecule has 54 heavy (non-hydrogen) atoms. The van der Waals surface area contributed by atoms with E-state index in [1.54, 1.807) is 0 Å². The zero-order chi connectivity index (χ0) is 35.3. The Hall–Kier alpha value is -6.74. The highest BCUT2D eigenvalue weighted by Crippen LogP contribution is 2.45. The van der Waals surface area contributed by atoms with Crippen LogP contribution in [-0.2, 0) is 0 Å². The van der Waals surface area contributed by atoms with Crippen molar-refractivity contribution in [3.63, 3.8) is 0 Å². The number of benzene rings is 10. The average Bonchev–Trinajstić information content (AvgIpc) is 3.79. The van der Waals surface area contributed by atoms with E-state index in [0.717, 1.165) is 21.9 Å². The van der Waals surface area contributed by atoms with Gasteiger partial charge in [0.05, 0.1) is 0 Å². The maximum atomic E-state index is 6.20. The van der Waals surface area contributed by atoms with Crippen molar-refractivity contribution in [1.82, 2.24) is 0 Å². The van der Waals surface area contributed by atoms with E-state index < -0.39 is 0 Å². The lowest BCUT2D eigenvalue weighted by Crippen LogP contribution is -1.91. The third-order valence-corrected chi connectivity index (χ3v) is 12.6. The standard InChI is InChI=1S/C52H30OS/c1-2-10-38-32(9-1)23-25-44-46-28-35-22-21-34(27-37(35)30-49(46)54-52(38)44)31-17-19-33(20-18-31)50-40-12-3-5-14-42(40)51(43-15-6-4-13-41(43)50)36-24-26-48-45(29-36)39-11-7-8-16-47(39)53-48/h1-30H. The molecular formula is C52H30OS. The summed E-state index contributed by atoms with van der Waals surface area (Å²) in [6.45, 7) is 0. The highest BCUT2D eigenvalue weighted by Gasteiger charge is 2.18. The fraction of sp³-hybridized carbons (Fsp3) is 0. The van der Waals surface area contributed by atoms with E-state index in [9.17, 15) is 0 Å². The maximum Gasteiger partial charge on any atom is 0.135 e. The first kappa shape index (κ1) is 29.8. The first-order chi connectivity index (χ1) is 26.7. The summed E-state index contributed by atoms with van der Waals surface area (Å²) < 4.78 is 8.90. The lowest BCUT2D eigenvalue weighted by atomic mass is 9.85. The second-order valence-corrected chi connectivity index (χ2v) is 15.5. The second kappa shape index (κ2) is 11.4. The Bertz CT molecular complexity index is 3430. The Morgan fingerprint density at radius 2 is 0.870 bits per heavy atom. The Kier molecular flexibility index (Phi) is 6.28. The lowest BCUT2D eigenvalue weighted by Gasteiger charge is -2.18. The molecule has 2 aromatic heterocycles. The van der Waals surface area contributed by atoms with Crippen molar-refractivity contribution in [3.8, 4) is 33.4 Å². The molecule has 0 fully saturated rings. The first-order valence-electron chi connectivity index (χ1n) is 18.5. The number of para-hydroxylation sites is 1. The molecule has 0 radical (unpaired) electrons. The number of hydrogen-bond donors (Lipinski definition) is 0. The van der Waals surface area contributed by atoms with Crippen molar-refractivity contribution in [2.24, 2.45) is 0 Å². The molecule has 0 saturated carbocycles. The van der Waals surface area contributed by atoms with Gasteiger partial charge in [-0.1, -0.05) is 146 Å². The number of hydrogen-bond acceptors (Lipinski definition) is 2. The molecule has 0 bridgehead atoms. The summed E-state index contributed by atoms with van der Waals surface area (Å²) >= 11 is 1.91. The number of furan rings is 1. The van der Waals surface area contributed by atoms with E-state index in [4.69, 9.17) is 4.42 Å². The van der Waals surface area contributed by atoms with Gasteiger partial charge in [-0.3, -0.25) is 0 Å². The molecule has 0 aliphatic heterocycles. The van der Waals surface area contributed by atoms with E-state index >= 15 is 0 Å². The van der Waals surface area contributed by atoms with Crippen molar-refractivity contribution in [2.45, 2.75) is 0 Å². The van der Waals surface area contributed by atoms with Gasteiger partial charge in [0.2, 0.25) is 0 Å². The Morgan fingerprint density at radius 1 is 0.296 bits per heavy atom. The molecule has 0 spiro atoms. The highest BCUT2D eigenvalue weighted by atomic mass is 32.1. The maximum absolute atomic E-state index is 6.20. The molecular weight excluding hydrogens is 673 g/mol. The van der Waals surface area contributed by atoms with Gasteiger partial charge in [0.15, 0.2) is 0 Å². The SMILES string of the molecule is c1ccc2c(c1)ccc1c3cc4ccc(-c5ccc(-c6c7ccccc7c(-c7ccc8oc9ccccc9c8c7)c7ccccc67)cc5)cc4cc3sc21. The van der Waals surface area contributed by atoms with Gasteiger partial charge in [0.1, 0.15) is 11.2 Å². The van der Waals surface area contributed by atoms with E-state index in [-0.39, 0.29) is 0 Å². The van der Waals surface area contributed by atoms with E-state index in [1.165, 1.54) is 96.6 Å². The number of thiophene rings is 1. The summed E-state index contributed by atoms with van der Waals surface area (Å²) in [6.07, 6.45) is 0. The topological polar surface area (TPSA) is 13.1 Å². The summed E-state index contributed by atoms with van der Waals surface area (Å²) in [5.74, 6) is 0. The van der Waals surface area contributed by atoms with Crippen LogP contribution in [0.5, 0.6) is 0 Å². The van der Waals surface area contributed by atoms with E-state index in [0.29, 0.717) is 0 Å². The van der Waals surface area contributed by atoms with Crippen LogP contribution in [0.3, 0.4) is 0 Å².